The molecule has 30 heavy (non-hydrogen) atoms. The normalized spacial score (nSPS) is 12.1. The lowest BCUT2D eigenvalue weighted by Crippen LogP contribution is -2.21. The highest BCUT2D eigenvalue weighted by atomic mass is 16.5. The summed E-state index contributed by atoms with van der Waals surface area (Å²) < 4.78 is 16.6. The molecule has 160 valence electrons. The average molecular weight is 414 g/mol. The van der Waals surface area contributed by atoms with E-state index in [0.29, 0.717) is 23.9 Å². The molecule has 0 spiro atoms. The molecule has 0 aliphatic rings. The van der Waals surface area contributed by atoms with E-state index >= 15 is 0 Å². The third kappa shape index (κ3) is 5.11. The molecule has 3 aromatic rings. The lowest BCUT2D eigenvalue weighted by Gasteiger charge is -2.15. The molecule has 0 radical (unpaired) electrons. The van der Waals surface area contributed by atoms with Gasteiger partial charge < -0.3 is 24.2 Å². The number of aliphatic hydroxyl groups excluding tert-OH is 2. The highest BCUT2D eigenvalue weighted by molar-refractivity contribution is 5.62. The highest BCUT2D eigenvalue weighted by Gasteiger charge is 2.17. The first kappa shape index (κ1) is 21.7. The van der Waals surface area contributed by atoms with E-state index in [1.807, 2.05) is 39.8 Å². The zero-order chi connectivity index (χ0) is 21.7. The number of nitrogens with zero attached hydrogens (tertiary/aromatic N) is 4. The topological polar surface area (TPSA) is 124 Å². The SMILES string of the molecule is CCCOc1nc(C)cc(-c2nc(-c3cc(C)c(OCC(O)CO)c(C)c3)no2)n1. The Morgan fingerprint density at radius 2 is 1.77 bits per heavy atom. The number of hydrogen-bond acceptors (Lipinski definition) is 9. The monoisotopic (exact) mass is 414 g/mol. The molecule has 9 heteroatoms. The lowest BCUT2D eigenvalue weighted by atomic mass is 10.1. The van der Waals surface area contributed by atoms with Crippen LogP contribution < -0.4 is 9.47 Å². The van der Waals surface area contributed by atoms with Gasteiger partial charge in [-0.2, -0.15) is 9.97 Å². The maximum Gasteiger partial charge on any atom is 0.317 e. The van der Waals surface area contributed by atoms with Gasteiger partial charge in [0.25, 0.3) is 5.89 Å². The van der Waals surface area contributed by atoms with Crippen molar-refractivity contribution in [2.75, 3.05) is 19.8 Å². The summed E-state index contributed by atoms with van der Waals surface area (Å²) in [6, 6.07) is 5.80. The molecule has 0 amide bonds. The molecule has 2 aromatic heterocycles. The summed E-state index contributed by atoms with van der Waals surface area (Å²) in [6.07, 6.45) is -0.0694. The summed E-state index contributed by atoms with van der Waals surface area (Å²) in [5.74, 6) is 1.35. The van der Waals surface area contributed by atoms with Crippen LogP contribution in [0.25, 0.3) is 23.0 Å². The second-order valence-corrected chi connectivity index (χ2v) is 7.04. The fourth-order valence-electron chi connectivity index (χ4n) is 2.89. The van der Waals surface area contributed by atoms with Crippen molar-refractivity contribution in [1.82, 2.24) is 20.1 Å². The van der Waals surface area contributed by atoms with Crippen molar-refractivity contribution in [1.29, 1.82) is 0 Å². The minimum absolute atomic E-state index is 0.0133. The first-order valence-electron chi connectivity index (χ1n) is 9.77. The summed E-state index contributed by atoms with van der Waals surface area (Å²) >= 11 is 0. The van der Waals surface area contributed by atoms with Crippen LogP contribution in [-0.2, 0) is 0 Å². The van der Waals surface area contributed by atoms with Gasteiger partial charge in [0.15, 0.2) is 0 Å². The van der Waals surface area contributed by atoms with E-state index in [0.717, 1.165) is 28.8 Å². The Morgan fingerprint density at radius 1 is 1.03 bits per heavy atom. The highest BCUT2D eigenvalue weighted by Crippen LogP contribution is 2.30. The second-order valence-electron chi connectivity index (χ2n) is 7.04. The van der Waals surface area contributed by atoms with Gasteiger partial charge in [-0.15, -0.1) is 0 Å². The Hall–Kier alpha value is -3.04. The third-order valence-electron chi connectivity index (χ3n) is 4.26. The largest absolute Gasteiger partial charge is 0.490 e. The molecule has 1 atom stereocenters. The lowest BCUT2D eigenvalue weighted by molar-refractivity contribution is 0.0532. The number of aromatic nitrogens is 4. The van der Waals surface area contributed by atoms with Gasteiger partial charge in [-0.05, 0) is 56.5 Å². The minimum Gasteiger partial charge on any atom is -0.490 e. The van der Waals surface area contributed by atoms with Crippen molar-refractivity contribution in [3.05, 3.63) is 35.0 Å². The molecule has 0 aliphatic heterocycles. The van der Waals surface area contributed by atoms with Gasteiger partial charge in [0.05, 0.1) is 13.2 Å². The van der Waals surface area contributed by atoms with Gasteiger partial charge in [-0.1, -0.05) is 12.1 Å². The van der Waals surface area contributed by atoms with Gasteiger partial charge in [0.1, 0.15) is 24.2 Å². The summed E-state index contributed by atoms with van der Waals surface area (Å²) in [5.41, 5.74) is 3.72. The number of ether oxygens (including phenoxy) is 2. The molecule has 2 N–H and O–H groups in total. The summed E-state index contributed by atoms with van der Waals surface area (Å²) in [4.78, 5) is 13.1. The van der Waals surface area contributed by atoms with Crippen molar-refractivity contribution in [2.24, 2.45) is 0 Å². The quantitative estimate of drug-likeness (QED) is 0.544. The molecule has 0 saturated heterocycles. The van der Waals surface area contributed by atoms with Gasteiger partial charge in [-0.25, -0.2) is 4.98 Å². The van der Waals surface area contributed by atoms with Crippen molar-refractivity contribution < 1.29 is 24.2 Å². The van der Waals surface area contributed by atoms with Gasteiger partial charge in [-0.3, -0.25) is 0 Å². The maximum atomic E-state index is 9.50. The summed E-state index contributed by atoms with van der Waals surface area (Å²) in [6.45, 7) is 7.83. The molecule has 0 bridgehead atoms. The number of aliphatic hydroxyl groups is 2. The van der Waals surface area contributed by atoms with Crippen LogP contribution in [0.5, 0.6) is 11.8 Å². The number of aryl methyl sites for hydroxylation is 3. The fourth-order valence-corrected chi connectivity index (χ4v) is 2.89. The smallest absolute Gasteiger partial charge is 0.317 e. The standard InChI is InChI=1S/C21H26N4O5/c1-5-6-28-21-22-14(4)9-17(23-21)20-24-19(25-30-20)15-7-12(2)18(13(3)8-15)29-11-16(27)10-26/h7-9,16,26-27H,5-6,10-11H2,1-4H3. The zero-order valence-electron chi connectivity index (χ0n) is 17.5. The third-order valence-corrected chi connectivity index (χ3v) is 4.26. The Bertz CT molecular complexity index is 982. The molecule has 0 saturated carbocycles. The van der Waals surface area contributed by atoms with E-state index in [4.69, 9.17) is 19.1 Å². The molecule has 9 nitrogen and oxygen atoms in total. The zero-order valence-corrected chi connectivity index (χ0v) is 17.5. The Labute approximate surface area is 174 Å². The predicted molar refractivity (Wildman–Crippen MR) is 109 cm³/mol. The summed E-state index contributed by atoms with van der Waals surface area (Å²) in [5, 5.41) is 22.5. The molecule has 1 unspecified atom stereocenters. The van der Waals surface area contributed by atoms with Crippen molar-refractivity contribution in [3.63, 3.8) is 0 Å². The molecule has 1 aromatic carbocycles. The second kappa shape index (κ2) is 9.64. The number of rotatable bonds is 9. The molecular formula is C21H26N4O5. The molecular weight excluding hydrogens is 388 g/mol. The minimum atomic E-state index is -0.925. The first-order valence-corrected chi connectivity index (χ1v) is 9.77. The summed E-state index contributed by atoms with van der Waals surface area (Å²) in [7, 11) is 0. The van der Waals surface area contributed by atoms with Crippen LogP contribution in [0.2, 0.25) is 0 Å². The molecule has 2 heterocycles. The van der Waals surface area contributed by atoms with Crippen LogP contribution in [0.15, 0.2) is 22.7 Å². The maximum absolute atomic E-state index is 9.50. The van der Waals surface area contributed by atoms with E-state index in [-0.39, 0.29) is 25.1 Å². The molecule has 3 rings (SSSR count). The Morgan fingerprint density at radius 3 is 2.43 bits per heavy atom. The fraction of sp³-hybridized carbons (Fsp3) is 0.429. The number of benzene rings is 1. The Kier molecular flexibility index (Phi) is 6.96. The van der Waals surface area contributed by atoms with E-state index < -0.39 is 6.10 Å². The van der Waals surface area contributed by atoms with Crippen LogP contribution in [0.3, 0.4) is 0 Å². The van der Waals surface area contributed by atoms with Crippen LogP contribution in [-0.4, -0.2) is 56.2 Å². The molecule has 0 aliphatic carbocycles. The Balaban J connectivity index is 1.85. The van der Waals surface area contributed by atoms with Crippen LogP contribution in [0.1, 0.15) is 30.2 Å². The number of hydrogen-bond donors (Lipinski definition) is 2. The average Bonchev–Trinajstić information content (AvgIpc) is 3.21. The van der Waals surface area contributed by atoms with Crippen molar-refractivity contribution in [2.45, 2.75) is 40.2 Å². The van der Waals surface area contributed by atoms with Crippen LogP contribution >= 0.6 is 0 Å². The van der Waals surface area contributed by atoms with E-state index in [1.165, 1.54) is 0 Å². The van der Waals surface area contributed by atoms with Crippen molar-refractivity contribution >= 4 is 0 Å². The molecule has 0 fully saturated rings. The van der Waals surface area contributed by atoms with Gasteiger partial charge >= 0.3 is 6.01 Å². The van der Waals surface area contributed by atoms with Crippen molar-refractivity contribution in [3.8, 4) is 34.7 Å². The van der Waals surface area contributed by atoms with Gasteiger partial charge in [0, 0.05) is 11.3 Å². The van der Waals surface area contributed by atoms with E-state index in [2.05, 4.69) is 20.1 Å². The van der Waals surface area contributed by atoms with E-state index in [1.54, 1.807) is 6.07 Å². The van der Waals surface area contributed by atoms with Crippen LogP contribution in [0.4, 0.5) is 0 Å². The van der Waals surface area contributed by atoms with Gasteiger partial charge in [0.2, 0.25) is 5.82 Å². The predicted octanol–water partition coefficient (Wildman–Crippen LogP) is 2.64. The van der Waals surface area contributed by atoms with E-state index in [9.17, 15) is 5.11 Å². The first-order chi connectivity index (χ1) is 14.4. The van der Waals surface area contributed by atoms with Crippen LogP contribution in [0, 0.1) is 20.8 Å².